The van der Waals surface area contributed by atoms with Crippen molar-refractivity contribution in [1.29, 1.82) is 0 Å². The number of nitrogens with zero attached hydrogens (tertiary/aromatic N) is 2. The van der Waals surface area contributed by atoms with E-state index >= 15 is 0 Å². The maximum absolute atomic E-state index is 11.2. The van der Waals surface area contributed by atoms with Crippen LogP contribution in [0.4, 0.5) is 11.6 Å². The van der Waals surface area contributed by atoms with E-state index in [2.05, 4.69) is 10.4 Å². The van der Waals surface area contributed by atoms with E-state index in [-0.39, 0.29) is 5.82 Å². The molecule has 78 valence electrons. The molecule has 0 aliphatic carbocycles. The van der Waals surface area contributed by atoms with Gasteiger partial charge < -0.3 is 15.4 Å². The minimum Gasteiger partial charge on any atom is -0.691 e. The van der Waals surface area contributed by atoms with Gasteiger partial charge in [-0.05, 0) is 12.1 Å². The highest BCUT2D eigenvalue weighted by Crippen LogP contribution is 2.05. The zero-order chi connectivity index (χ0) is 10.7. The lowest BCUT2D eigenvalue weighted by Crippen LogP contribution is -2.35. The first-order valence-corrected chi connectivity index (χ1v) is 4.37. The number of rotatable bonds is 3. The summed E-state index contributed by atoms with van der Waals surface area (Å²) in [5, 5.41) is 17.7. The Balaban J connectivity index is 2.05. The van der Waals surface area contributed by atoms with E-state index in [1.807, 2.05) is 6.07 Å². The summed E-state index contributed by atoms with van der Waals surface area (Å²) in [5.74, 6) is 0.546. The molecular formula is C9H10N4O2. The fourth-order valence-electron chi connectivity index (χ4n) is 1.13. The topological polar surface area (TPSA) is 91.0 Å². The molecule has 2 heterocycles. The highest BCUT2D eigenvalue weighted by atomic mass is 16.5. The smallest absolute Gasteiger partial charge is 0.299 e. The second-order valence-electron chi connectivity index (χ2n) is 3.00. The van der Waals surface area contributed by atoms with Crippen LogP contribution in [0.2, 0.25) is 0 Å². The van der Waals surface area contributed by atoms with E-state index in [0.29, 0.717) is 17.2 Å². The van der Waals surface area contributed by atoms with Gasteiger partial charge in [0.25, 0.3) is 5.82 Å². The van der Waals surface area contributed by atoms with Gasteiger partial charge in [-0.1, -0.05) is 5.10 Å². The van der Waals surface area contributed by atoms with Crippen LogP contribution < -0.4 is 15.9 Å². The van der Waals surface area contributed by atoms with Gasteiger partial charge in [-0.15, -0.1) is 4.85 Å². The van der Waals surface area contributed by atoms with Gasteiger partial charge in [-0.3, -0.25) is 5.32 Å². The monoisotopic (exact) mass is 206 g/mol. The number of nitrogen functional groups attached to an aromatic ring is 1. The first-order chi connectivity index (χ1) is 7.25. The number of nitrogens with one attached hydrogen (secondary N) is 1. The Bertz CT molecular complexity index is 441. The summed E-state index contributed by atoms with van der Waals surface area (Å²) in [5.41, 5.74) is 6.29. The van der Waals surface area contributed by atoms with E-state index in [1.165, 1.54) is 0 Å². The third-order valence-corrected chi connectivity index (χ3v) is 1.88. The average molecular weight is 206 g/mol. The van der Waals surface area contributed by atoms with Crippen molar-refractivity contribution in [3.8, 4) is 0 Å². The Morgan fingerprint density at radius 1 is 1.47 bits per heavy atom. The Kier molecular flexibility index (Phi) is 2.40. The number of hydrogen-bond donors (Lipinski definition) is 2. The Morgan fingerprint density at radius 3 is 3.00 bits per heavy atom. The van der Waals surface area contributed by atoms with E-state index in [9.17, 15) is 5.21 Å². The molecular weight excluding hydrogens is 196 g/mol. The predicted molar refractivity (Wildman–Crippen MR) is 53.6 cm³/mol. The maximum atomic E-state index is 11.2. The fourth-order valence-corrected chi connectivity index (χ4v) is 1.13. The summed E-state index contributed by atoms with van der Waals surface area (Å²) in [7, 11) is 0. The van der Waals surface area contributed by atoms with E-state index in [1.54, 1.807) is 24.7 Å². The van der Waals surface area contributed by atoms with E-state index < -0.39 is 0 Å². The molecule has 0 fully saturated rings. The van der Waals surface area contributed by atoms with Crippen LogP contribution in [-0.4, -0.2) is 5.10 Å². The summed E-state index contributed by atoms with van der Waals surface area (Å²) in [6.07, 6.45) is 3.18. The first kappa shape index (κ1) is 9.32. The van der Waals surface area contributed by atoms with Crippen molar-refractivity contribution >= 4 is 11.6 Å². The highest BCUT2D eigenvalue weighted by molar-refractivity contribution is 5.34. The standard InChI is InChI=1S/C9H10N4O2/c10-8-1-2-9(13(14)12-8)11-5-7-3-4-15-6-7/h1-4,6,11H,5H2,(H2,10,12). The summed E-state index contributed by atoms with van der Waals surface area (Å²) in [6.45, 7) is 0.504. The van der Waals surface area contributed by atoms with Crippen LogP contribution in [0.3, 0.4) is 0 Å². The van der Waals surface area contributed by atoms with Gasteiger partial charge in [0.2, 0.25) is 0 Å². The van der Waals surface area contributed by atoms with E-state index in [0.717, 1.165) is 5.56 Å². The van der Waals surface area contributed by atoms with Crippen LogP contribution in [0.25, 0.3) is 0 Å². The van der Waals surface area contributed by atoms with Crippen LogP contribution in [0.1, 0.15) is 5.56 Å². The minimum atomic E-state index is 0.193. The fraction of sp³-hybridized carbons (Fsp3) is 0.111. The molecule has 6 nitrogen and oxygen atoms in total. The number of anilines is 2. The SMILES string of the molecule is Nc1ccc(NCc2ccoc2)[n+]([O-])n1. The minimum absolute atomic E-state index is 0.193. The second-order valence-corrected chi connectivity index (χ2v) is 3.00. The lowest BCUT2D eigenvalue weighted by Gasteiger charge is -2.05. The zero-order valence-corrected chi connectivity index (χ0v) is 7.88. The first-order valence-electron chi connectivity index (χ1n) is 4.37. The van der Waals surface area contributed by atoms with Crippen molar-refractivity contribution in [2.24, 2.45) is 0 Å². The molecule has 2 aromatic rings. The molecule has 0 bridgehead atoms. The van der Waals surface area contributed by atoms with Crippen molar-refractivity contribution in [3.05, 3.63) is 41.5 Å². The van der Waals surface area contributed by atoms with Crippen molar-refractivity contribution in [2.75, 3.05) is 11.1 Å². The van der Waals surface area contributed by atoms with Gasteiger partial charge in [0.15, 0.2) is 5.82 Å². The normalized spacial score (nSPS) is 10.1. The van der Waals surface area contributed by atoms with Crippen LogP contribution in [0.5, 0.6) is 0 Å². The van der Waals surface area contributed by atoms with Crippen LogP contribution >= 0.6 is 0 Å². The molecule has 0 aromatic carbocycles. The Hall–Kier alpha value is -2.24. The van der Waals surface area contributed by atoms with Crippen molar-refractivity contribution in [3.63, 3.8) is 0 Å². The maximum Gasteiger partial charge on any atom is 0.299 e. The molecule has 6 heteroatoms. The molecule has 0 saturated heterocycles. The van der Waals surface area contributed by atoms with Crippen molar-refractivity contribution < 1.29 is 9.26 Å². The molecule has 2 aromatic heterocycles. The van der Waals surface area contributed by atoms with Gasteiger partial charge in [0.1, 0.15) is 6.54 Å². The largest absolute Gasteiger partial charge is 0.691 e. The molecule has 0 radical (unpaired) electrons. The van der Waals surface area contributed by atoms with Crippen molar-refractivity contribution in [2.45, 2.75) is 6.54 Å². The molecule has 0 amide bonds. The molecule has 0 aliphatic rings. The lowest BCUT2D eigenvalue weighted by atomic mass is 10.3. The average Bonchev–Trinajstić information content (AvgIpc) is 2.69. The third-order valence-electron chi connectivity index (χ3n) is 1.88. The van der Waals surface area contributed by atoms with Crippen LogP contribution in [0.15, 0.2) is 35.1 Å². The summed E-state index contributed by atoms with van der Waals surface area (Å²) < 4.78 is 4.89. The third kappa shape index (κ3) is 2.16. The van der Waals surface area contributed by atoms with Gasteiger partial charge in [-0.25, -0.2) is 0 Å². The molecule has 2 rings (SSSR count). The van der Waals surface area contributed by atoms with Crippen LogP contribution in [-0.2, 0) is 6.54 Å². The van der Waals surface area contributed by atoms with E-state index in [4.69, 9.17) is 10.2 Å². The lowest BCUT2D eigenvalue weighted by molar-refractivity contribution is -0.653. The van der Waals surface area contributed by atoms with Gasteiger partial charge in [0.05, 0.1) is 12.5 Å². The molecule has 0 unspecified atom stereocenters. The summed E-state index contributed by atoms with van der Waals surface area (Å²) in [6, 6.07) is 4.95. The predicted octanol–water partition coefficient (Wildman–Crippen LogP) is 0.502. The second kappa shape index (κ2) is 3.87. The van der Waals surface area contributed by atoms with Gasteiger partial charge >= 0.3 is 0 Å². The summed E-state index contributed by atoms with van der Waals surface area (Å²) >= 11 is 0. The van der Waals surface area contributed by atoms with Gasteiger partial charge in [0, 0.05) is 11.6 Å². The number of hydrogen-bond acceptors (Lipinski definition) is 5. The number of aromatic nitrogens is 2. The quantitative estimate of drug-likeness (QED) is 0.563. The molecule has 15 heavy (non-hydrogen) atoms. The van der Waals surface area contributed by atoms with Gasteiger partial charge in [-0.2, -0.15) is 0 Å². The molecule has 0 aliphatic heterocycles. The molecule has 3 N–H and O–H groups in total. The highest BCUT2D eigenvalue weighted by Gasteiger charge is 2.05. The molecule has 0 atom stereocenters. The van der Waals surface area contributed by atoms with Crippen LogP contribution in [0, 0.1) is 5.21 Å². The number of furan rings is 1. The molecule has 0 spiro atoms. The Labute approximate surface area is 85.9 Å². The molecule has 0 saturated carbocycles. The summed E-state index contributed by atoms with van der Waals surface area (Å²) in [4.78, 5) is 0.454. The zero-order valence-electron chi connectivity index (χ0n) is 7.88. The Morgan fingerprint density at radius 2 is 2.33 bits per heavy atom. The van der Waals surface area contributed by atoms with Crippen molar-refractivity contribution in [1.82, 2.24) is 5.10 Å². The number of nitrogens with two attached hydrogens (primary N) is 1.